The highest BCUT2D eigenvalue weighted by molar-refractivity contribution is 7.90. The van der Waals surface area contributed by atoms with Crippen molar-refractivity contribution in [2.24, 2.45) is 0 Å². The summed E-state index contributed by atoms with van der Waals surface area (Å²) in [5.74, 6) is -0.0165. The summed E-state index contributed by atoms with van der Waals surface area (Å²) in [5.41, 5.74) is 1.40. The van der Waals surface area contributed by atoms with Gasteiger partial charge < -0.3 is 0 Å². The molecular weight excluding hydrogens is 274 g/mol. The standard InChI is InChI=1S/C11H17NO4S2/c1-3-18(15,16)12-8-10-5-4-6-11(7-10)9-17(2,13)14/h4-7,12H,3,8-9H2,1-2H3. The van der Waals surface area contributed by atoms with Crippen LogP contribution in [-0.4, -0.2) is 28.8 Å². The van der Waals surface area contributed by atoms with Gasteiger partial charge in [-0.15, -0.1) is 0 Å². The summed E-state index contributed by atoms with van der Waals surface area (Å²) >= 11 is 0. The Kier molecular flexibility index (Phi) is 4.89. The van der Waals surface area contributed by atoms with Crippen molar-refractivity contribution in [3.63, 3.8) is 0 Å². The third-order valence-electron chi connectivity index (χ3n) is 2.30. The molecule has 1 rings (SSSR count). The molecule has 0 unspecified atom stereocenters. The van der Waals surface area contributed by atoms with Crippen LogP contribution in [0.4, 0.5) is 0 Å². The number of rotatable bonds is 6. The van der Waals surface area contributed by atoms with Crippen molar-refractivity contribution >= 4 is 19.9 Å². The molecule has 0 saturated heterocycles. The molecule has 0 fully saturated rings. The summed E-state index contributed by atoms with van der Waals surface area (Å²) in [4.78, 5) is 0. The third-order valence-corrected chi connectivity index (χ3v) is 4.50. The SMILES string of the molecule is CCS(=O)(=O)NCc1cccc(CS(C)(=O)=O)c1. The Labute approximate surface area is 108 Å². The molecule has 7 heteroatoms. The van der Waals surface area contributed by atoms with Gasteiger partial charge in [0.15, 0.2) is 9.84 Å². The van der Waals surface area contributed by atoms with Gasteiger partial charge in [-0.3, -0.25) is 0 Å². The van der Waals surface area contributed by atoms with Gasteiger partial charge >= 0.3 is 0 Å². The molecule has 5 nitrogen and oxygen atoms in total. The lowest BCUT2D eigenvalue weighted by atomic mass is 10.1. The average Bonchev–Trinajstić information content (AvgIpc) is 2.25. The summed E-state index contributed by atoms with van der Waals surface area (Å²) in [7, 11) is -6.31. The van der Waals surface area contributed by atoms with Gasteiger partial charge in [-0.25, -0.2) is 21.6 Å². The van der Waals surface area contributed by atoms with E-state index in [0.29, 0.717) is 5.56 Å². The molecule has 0 aliphatic heterocycles. The number of sulfonamides is 1. The van der Waals surface area contributed by atoms with Crippen molar-refractivity contribution in [1.82, 2.24) is 4.72 Å². The van der Waals surface area contributed by atoms with Crippen LogP contribution in [0.1, 0.15) is 18.1 Å². The average molecular weight is 291 g/mol. The topological polar surface area (TPSA) is 80.3 Å². The highest BCUT2D eigenvalue weighted by Crippen LogP contribution is 2.09. The van der Waals surface area contributed by atoms with E-state index >= 15 is 0 Å². The lowest BCUT2D eigenvalue weighted by molar-refractivity contribution is 0.582. The van der Waals surface area contributed by atoms with E-state index in [4.69, 9.17) is 0 Å². The first-order valence-electron chi connectivity index (χ1n) is 5.45. The largest absolute Gasteiger partial charge is 0.229 e. The number of hydrogen-bond donors (Lipinski definition) is 1. The zero-order chi connectivity index (χ0) is 13.8. The van der Waals surface area contributed by atoms with Gasteiger partial charge in [0, 0.05) is 12.8 Å². The quantitative estimate of drug-likeness (QED) is 0.835. The Balaban J connectivity index is 2.77. The maximum absolute atomic E-state index is 11.3. The first-order valence-corrected chi connectivity index (χ1v) is 9.16. The fourth-order valence-corrected chi connectivity index (χ4v) is 2.80. The summed E-state index contributed by atoms with van der Waals surface area (Å²) in [5, 5.41) is 0. The summed E-state index contributed by atoms with van der Waals surface area (Å²) < 4.78 is 47.3. The van der Waals surface area contributed by atoms with E-state index in [1.165, 1.54) is 6.26 Å². The van der Waals surface area contributed by atoms with Crippen molar-refractivity contribution in [2.45, 2.75) is 19.2 Å². The predicted molar refractivity (Wildman–Crippen MR) is 71.3 cm³/mol. The molecule has 1 N–H and O–H groups in total. The Bertz CT molecular complexity index is 606. The molecule has 0 spiro atoms. The fourth-order valence-electron chi connectivity index (χ4n) is 1.43. The molecule has 0 heterocycles. The van der Waals surface area contributed by atoms with Crippen LogP contribution < -0.4 is 4.72 Å². The zero-order valence-corrected chi connectivity index (χ0v) is 12.0. The maximum Gasteiger partial charge on any atom is 0.211 e. The van der Waals surface area contributed by atoms with Gasteiger partial charge in [-0.05, 0) is 18.1 Å². The molecule has 0 bridgehead atoms. The minimum atomic E-state index is -3.23. The number of sulfone groups is 1. The Morgan fingerprint density at radius 2 is 1.72 bits per heavy atom. The first-order chi connectivity index (χ1) is 8.22. The van der Waals surface area contributed by atoms with Gasteiger partial charge in [-0.1, -0.05) is 24.3 Å². The van der Waals surface area contributed by atoms with E-state index in [-0.39, 0.29) is 18.1 Å². The lowest BCUT2D eigenvalue weighted by Crippen LogP contribution is -2.24. The molecular formula is C11H17NO4S2. The van der Waals surface area contributed by atoms with Crippen LogP contribution in [0.2, 0.25) is 0 Å². The van der Waals surface area contributed by atoms with Crippen molar-refractivity contribution < 1.29 is 16.8 Å². The van der Waals surface area contributed by atoms with E-state index in [1.54, 1.807) is 31.2 Å². The lowest BCUT2D eigenvalue weighted by Gasteiger charge is -2.06. The van der Waals surface area contributed by atoms with Gasteiger partial charge in [-0.2, -0.15) is 0 Å². The smallest absolute Gasteiger partial charge is 0.211 e. The molecule has 18 heavy (non-hydrogen) atoms. The number of hydrogen-bond acceptors (Lipinski definition) is 4. The second-order valence-electron chi connectivity index (χ2n) is 4.11. The Hall–Kier alpha value is -0.920. The van der Waals surface area contributed by atoms with Gasteiger partial charge in [0.2, 0.25) is 10.0 Å². The Morgan fingerprint density at radius 1 is 1.11 bits per heavy atom. The number of nitrogens with one attached hydrogen (secondary N) is 1. The molecule has 1 aromatic carbocycles. The molecule has 0 aliphatic rings. The van der Waals surface area contributed by atoms with Crippen molar-refractivity contribution in [3.05, 3.63) is 35.4 Å². The highest BCUT2D eigenvalue weighted by Gasteiger charge is 2.08. The van der Waals surface area contributed by atoms with Crippen molar-refractivity contribution in [1.29, 1.82) is 0 Å². The first kappa shape index (κ1) is 15.1. The van der Waals surface area contributed by atoms with E-state index < -0.39 is 19.9 Å². The molecule has 0 saturated carbocycles. The van der Waals surface area contributed by atoms with Crippen LogP contribution >= 0.6 is 0 Å². The second-order valence-corrected chi connectivity index (χ2v) is 8.35. The van der Waals surface area contributed by atoms with Crippen LogP contribution in [0.25, 0.3) is 0 Å². The minimum Gasteiger partial charge on any atom is -0.229 e. The molecule has 0 amide bonds. The van der Waals surface area contributed by atoms with Crippen LogP contribution in [0.5, 0.6) is 0 Å². The van der Waals surface area contributed by atoms with E-state index in [9.17, 15) is 16.8 Å². The molecule has 1 aromatic rings. The van der Waals surface area contributed by atoms with Crippen LogP contribution in [-0.2, 0) is 32.2 Å². The van der Waals surface area contributed by atoms with E-state index in [0.717, 1.165) is 5.56 Å². The molecule has 0 atom stereocenters. The van der Waals surface area contributed by atoms with Gasteiger partial charge in [0.05, 0.1) is 11.5 Å². The summed E-state index contributed by atoms with van der Waals surface area (Å²) in [6.45, 7) is 1.73. The predicted octanol–water partition coefficient (Wildman–Crippen LogP) is 0.670. The molecule has 0 radical (unpaired) electrons. The highest BCUT2D eigenvalue weighted by atomic mass is 32.2. The fraction of sp³-hybridized carbons (Fsp3) is 0.455. The number of benzene rings is 1. The zero-order valence-electron chi connectivity index (χ0n) is 10.4. The molecule has 0 aliphatic carbocycles. The van der Waals surface area contributed by atoms with Crippen molar-refractivity contribution in [3.8, 4) is 0 Å². The van der Waals surface area contributed by atoms with Crippen molar-refractivity contribution in [2.75, 3.05) is 12.0 Å². The van der Waals surface area contributed by atoms with Crippen LogP contribution in [0.15, 0.2) is 24.3 Å². The van der Waals surface area contributed by atoms with Crippen LogP contribution in [0.3, 0.4) is 0 Å². The normalized spacial score (nSPS) is 12.6. The van der Waals surface area contributed by atoms with Crippen LogP contribution in [0, 0.1) is 0 Å². The third kappa shape index (κ3) is 5.61. The second kappa shape index (κ2) is 5.81. The molecule has 0 aromatic heterocycles. The maximum atomic E-state index is 11.3. The van der Waals surface area contributed by atoms with Gasteiger partial charge in [0.1, 0.15) is 0 Å². The van der Waals surface area contributed by atoms with E-state index in [1.807, 2.05) is 0 Å². The monoisotopic (exact) mass is 291 g/mol. The summed E-state index contributed by atoms with van der Waals surface area (Å²) in [6, 6.07) is 6.87. The minimum absolute atomic E-state index is 0.0238. The summed E-state index contributed by atoms with van der Waals surface area (Å²) in [6.07, 6.45) is 1.17. The van der Waals surface area contributed by atoms with Gasteiger partial charge in [0.25, 0.3) is 0 Å². The van der Waals surface area contributed by atoms with E-state index in [2.05, 4.69) is 4.72 Å². The Morgan fingerprint density at radius 3 is 2.28 bits per heavy atom. The molecule has 102 valence electrons.